The Kier molecular flexibility index (Phi) is 5.56. The molecule has 5 nitrogen and oxygen atoms in total. The normalized spacial score (nSPS) is 23.7. The zero-order valence-corrected chi connectivity index (χ0v) is 18.8. The minimum absolute atomic E-state index is 0.0373. The van der Waals surface area contributed by atoms with Crippen LogP contribution in [0.3, 0.4) is 0 Å². The van der Waals surface area contributed by atoms with Gasteiger partial charge in [-0.25, -0.2) is 0 Å². The van der Waals surface area contributed by atoms with Crippen LogP contribution < -0.4 is 9.47 Å². The highest BCUT2D eigenvalue weighted by Crippen LogP contribution is 2.50. The molecule has 2 aliphatic rings. The van der Waals surface area contributed by atoms with Gasteiger partial charge in [0.25, 0.3) is 0 Å². The largest absolute Gasteiger partial charge is 0.493 e. The van der Waals surface area contributed by atoms with Crippen molar-refractivity contribution in [3.63, 3.8) is 0 Å². The van der Waals surface area contributed by atoms with Crippen molar-refractivity contribution in [2.45, 2.75) is 44.2 Å². The maximum atomic E-state index is 5.97. The van der Waals surface area contributed by atoms with Gasteiger partial charge in [-0.3, -0.25) is 9.98 Å². The van der Waals surface area contributed by atoms with Crippen LogP contribution in [0.5, 0.6) is 11.5 Å². The fourth-order valence-corrected chi connectivity index (χ4v) is 5.38. The van der Waals surface area contributed by atoms with Gasteiger partial charge in [0.2, 0.25) is 0 Å². The lowest BCUT2D eigenvalue weighted by molar-refractivity contribution is 0.228. The highest BCUT2D eigenvalue weighted by atomic mass is 79.9. The molecule has 148 valence electrons. The van der Waals surface area contributed by atoms with Gasteiger partial charge in [-0.2, -0.15) is 0 Å². The Morgan fingerprint density at radius 2 is 2.11 bits per heavy atom. The Balaban J connectivity index is 1.78. The van der Waals surface area contributed by atoms with E-state index in [1.165, 1.54) is 0 Å². The summed E-state index contributed by atoms with van der Waals surface area (Å²) < 4.78 is 12.5. The highest BCUT2D eigenvalue weighted by Gasteiger charge is 2.44. The molecule has 3 atom stereocenters. The van der Waals surface area contributed by atoms with Crippen molar-refractivity contribution < 1.29 is 9.47 Å². The lowest BCUT2D eigenvalue weighted by Crippen LogP contribution is -2.28. The minimum Gasteiger partial charge on any atom is -0.493 e. The number of pyridine rings is 1. The number of benzene rings is 1. The summed E-state index contributed by atoms with van der Waals surface area (Å²) in [6.07, 6.45) is 1.90. The first-order valence-corrected chi connectivity index (χ1v) is 11.1. The number of thioether (sulfide) groups is 1. The number of amidine groups is 1. The third kappa shape index (κ3) is 3.62. The second kappa shape index (κ2) is 7.95. The van der Waals surface area contributed by atoms with Crippen LogP contribution >= 0.6 is 27.7 Å². The van der Waals surface area contributed by atoms with E-state index in [-0.39, 0.29) is 18.2 Å². The topological polar surface area (TPSA) is 47.0 Å². The van der Waals surface area contributed by atoms with Crippen LogP contribution in [-0.2, 0) is 0 Å². The summed E-state index contributed by atoms with van der Waals surface area (Å²) in [5, 5.41) is 1.63. The van der Waals surface area contributed by atoms with E-state index in [1.807, 2.05) is 43.9 Å². The van der Waals surface area contributed by atoms with E-state index < -0.39 is 0 Å². The summed E-state index contributed by atoms with van der Waals surface area (Å²) in [5.41, 5.74) is 2.13. The Hall–Kier alpha value is -1.73. The van der Waals surface area contributed by atoms with Gasteiger partial charge in [-0.1, -0.05) is 24.8 Å². The molecule has 3 heterocycles. The van der Waals surface area contributed by atoms with Gasteiger partial charge >= 0.3 is 0 Å². The number of aliphatic imine (C=N–C) groups is 1. The molecule has 1 saturated heterocycles. The molecule has 1 fully saturated rings. The van der Waals surface area contributed by atoms with E-state index in [9.17, 15) is 0 Å². The second-order valence-electron chi connectivity index (χ2n) is 7.34. The predicted molar refractivity (Wildman–Crippen MR) is 117 cm³/mol. The Bertz CT molecular complexity index is 891. The SMILES string of the molecule is COc1cc([C@H]2[C@H](c3ccccn3)N=C3S[C@@H](C)CN32)cc(Br)c1OC(C)C. The number of ether oxygens (including phenoxy) is 2. The first kappa shape index (κ1) is 19.6. The third-order valence-corrected chi connectivity index (χ3v) is 6.52. The molecule has 1 aromatic heterocycles. The molecular weight excluding hydrogens is 438 g/mol. The number of rotatable bonds is 5. The van der Waals surface area contributed by atoms with Gasteiger partial charge in [0.1, 0.15) is 6.04 Å². The zero-order valence-electron chi connectivity index (χ0n) is 16.4. The fraction of sp³-hybridized carbons (Fsp3) is 0.429. The maximum absolute atomic E-state index is 5.97. The molecule has 0 aliphatic carbocycles. The van der Waals surface area contributed by atoms with Crippen molar-refractivity contribution >= 4 is 32.9 Å². The molecule has 0 saturated carbocycles. The van der Waals surface area contributed by atoms with Gasteiger partial charge in [0, 0.05) is 18.0 Å². The van der Waals surface area contributed by atoms with E-state index in [0.717, 1.165) is 38.9 Å². The van der Waals surface area contributed by atoms with Crippen LogP contribution in [0.4, 0.5) is 0 Å². The van der Waals surface area contributed by atoms with Gasteiger partial charge in [0.15, 0.2) is 16.7 Å². The molecule has 28 heavy (non-hydrogen) atoms. The number of hydrogen-bond acceptors (Lipinski definition) is 6. The maximum Gasteiger partial charge on any atom is 0.175 e. The van der Waals surface area contributed by atoms with Gasteiger partial charge < -0.3 is 14.4 Å². The molecule has 4 rings (SSSR count). The van der Waals surface area contributed by atoms with Gasteiger partial charge in [-0.15, -0.1) is 0 Å². The van der Waals surface area contributed by atoms with E-state index in [0.29, 0.717) is 5.25 Å². The van der Waals surface area contributed by atoms with Crippen molar-refractivity contribution in [1.82, 2.24) is 9.88 Å². The number of halogens is 1. The molecule has 0 spiro atoms. The summed E-state index contributed by atoms with van der Waals surface area (Å²) in [7, 11) is 1.68. The molecule has 0 bridgehead atoms. The Labute approximate surface area is 178 Å². The average Bonchev–Trinajstić information content (AvgIpc) is 3.19. The summed E-state index contributed by atoms with van der Waals surface area (Å²) in [6, 6.07) is 10.3. The van der Waals surface area contributed by atoms with Crippen LogP contribution in [0, 0.1) is 0 Å². The van der Waals surface area contributed by atoms with Gasteiger partial charge in [-0.05, 0) is 59.6 Å². The molecule has 0 unspecified atom stereocenters. The van der Waals surface area contributed by atoms with Crippen LogP contribution in [0.25, 0.3) is 0 Å². The Morgan fingerprint density at radius 3 is 2.79 bits per heavy atom. The van der Waals surface area contributed by atoms with Crippen LogP contribution in [0.15, 0.2) is 46.0 Å². The number of hydrogen-bond donors (Lipinski definition) is 0. The first-order chi connectivity index (χ1) is 13.5. The van der Waals surface area contributed by atoms with E-state index in [1.54, 1.807) is 7.11 Å². The first-order valence-electron chi connectivity index (χ1n) is 9.44. The minimum atomic E-state index is -0.0373. The fourth-order valence-electron chi connectivity index (χ4n) is 3.74. The highest BCUT2D eigenvalue weighted by molar-refractivity contribution is 9.10. The molecular formula is C21H24BrN3O2S. The smallest absolute Gasteiger partial charge is 0.175 e. The molecule has 2 aliphatic heterocycles. The van der Waals surface area contributed by atoms with Crippen molar-refractivity contribution in [3.8, 4) is 11.5 Å². The van der Waals surface area contributed by atoms with Crippen LogP contribution in [-0.4, -0.2) is 40.1 Å². The number of nitrogens with zero attached hydrogens (tertiary/aromatic N) is 3. The van der Waals surface area contributed by atoms with Crippen molar-refractivity contribution in [3.05, 3.63) is 52.3 Å². The standard InChI is InChI=1S/C21H24BrN3O2S/c1-12(2)27-20-15(22)9-14(10-17(20)26-4)19-18(16-7-5-6-8-23-16)24-21-25(19)11-13(3)28-21/h5-10,12-13,18-19H,11H2,1-4H3/t13-,18-,19-/m0/s1. The van der Waals surface area contributed by atoms with E-state index in [2.05, 4.69) is 50.9 Å². The predicted octanol–water partition coefficient (Wildman–Crippen LogP) is 5.23. The van der Waals surface area contributed by atoms with Crippen LogP contribution in [0.2, 0.25) is 0 Å². The quantitative estimate of drug-likeness (QED) is 0.609. The molecule has 0 amide bonds. The zero-order chi connectivity index (χ0) is 19.8. The Morgan fingerprint density at radius 1 is 1.29 bits per heavy atom. The summed E-state index contributed by atoms with van der Waals surface area (Å²) >= 11 is 5.53. The third-order valence-electron chi connectivity index (χ3n) is 4.83. The monoisotopic (exact) mass is 461 g/mol. The summed E-state index contributed by atoms with van der Waals surface area (Å²) in [4.78, 5) is 12.0. The van der Waals surface area contributed by atoms with Crippen molar-refractivity contribution in [1.29, 1.82) is 0 Å². The molecule has 1 aromatic carbocycles. The number of methoxy groups -OCH3 is 1. The van der Waals surface area contributed by atoms with Crippen molar-refractivity contribution in [2.75, 3.05) is 13.7 Å². The molecule has 7 heteroatoms. The number of aromatic nitrogens is 1. The number of fused-ring (bicyclic) bond motifs is 1. The van der Waals surface area contributed by atoms with Crippen LogP contribution in [0.1, 0.15) is 44.1 Å². The average molecular weight is 462 g/mol. The summed E-state index contributed by atoms with van der Waals surface area (Å²) in [6.45, 7) is 7.24. The lowest BCUT2D eigenvalue weighted by Gasteiger charge is -2.28. The second-order valence-corrected chi connectivity index (χ2v) is 9.60. The molecule has 0 radical (unpaired) electrons. The van der Waals surface area contributed by atoms with E-state index in [4.69, 9.17) is 14.5 Å². The summed E-state index contributed by atoms with van der Waals surface area (Å²) in [5.74, 6) is 1.46. The lowest BCUT2D eigenvalue weighted by atomic mass is 9.96. The molecule has 0 N–H and O–H groups in total. The van der Waals surface area contributed by atoms with Crippen molar-refractivity contribution in [2.24, 2.45) is 4.99 Å². The van der Waals surface area contributed by atoms with E-state index >= 15 is 0 Å². The molecule has 2 aromatic rings. The van der Waals surface area contributed by atoms with Gasteiger partial charge in [0.05, 0.1) is 29.4 Å².